The van der Waals surface area contributed by atoms with Gasteiger partial charge in [-0.1, -0.05) is 13.8 Å². The van der Waals surface area contributed by atoms with Gasteiger partial charge in [0.25, 0.3) is 0 Å². The third kappa shape index (κ3) is 3.25. The van der Waals surface area contributed by atoms with Crippen LogP contribution < -0.4 is 10.6 Å². The molecule has 0 saturated heterocycles. The largest absolute Gasteiger partial charge is 0.313 e. The first-order valence-corrected chi connectivity index (χ1v) is 6.21. The fourth-order valence-electron chi connectivity index (χ4n) is 2.05. The number of hydrogen-bond acceptors (Lipinski definition) is 2. The zero-order valence-electron chi connectivity index (χ0n) is 10.0. The summed E-state index contributed by atoms with van der Waals surface area (Å²) in [5.41, 5.74) is 0.511. The highest BCUT2D eigenvalue weighted by atomic mass is 15.0. The SMILES string of the molecule is CCC(C)NCCNC1(CC)CCC1. The van der Waals surface area contributed by atoms with Gasteiger partial charge in [-0.2, -0.15) is 0 Å². The average molecular weight is 198 g/mol. The van der Waals surface area contributed by atoms with Crippen molar-refractivity contribution in [1.82, 2.24) is 10.6 Å². The average Bonchev–Trinajstić information content (AvgIpc) is 2.15. The van der Waals surface area contributed by atoms with E-state index in [9.17, 15) is 0 Å². The second-order valence-corrected chi connectivity index (χ2v) is 4.68. The molecule has 0 aromatic heterocycles. The van der Waals surface area contributed by atoms with Crippen LogP contribution in [0.5, 0.6) is 0 Å². The highest BCUT2D eigenvalue weighted by molar-refractivity contribution is 4.94. The van der Waals surface area contributed by atoms with Gasteiger partial charge >= 0.3 is 0 Å². The Bertz CT molecular complexity index is 147. The zero-order chi connectivity index (χ0) is 10.4. The molecule has 0 heterocycles. The molecule has 2 nitrogen and oxygen atoms in total. The van der Waals surface area contributed by atoms with Crippen molar-refractivity contribution < 1.29 is 0 Å². The van der Waals surface area contributed by atoms with E-state index in [0.717, 1.165) is 13.1 Å². The smallest absolute Gasteiger partial charge is 0.0179 e. The standard InChI is InChI=1S/C12H26N2/c1-4-11(3)13-9-10-14-12(5-2)7-6-8-12/h11,13-14H,4-10H2,1-3H3. The fourth-order valence-corrected chi connectivity index (χ4v) is 2.05. The molecule has 1 aliphatic rings. The molecular weight excluding hydrogens is 172 g/mol. The Morgan fingerprint density at radius 2 is 1.93 bits per heavy atom. The van der Waals surface area contributed by atoms with Crippen molar-refractivity contribution in [2.75, 3.05) is 13.1 Å². The van der Waals surface area contributed by atoms with Crippen LogP contribution >= 0.6 is 0 Å². The zero-order valence-corrected chi connectivity index (χ0v) is 10.0. The molecule has 0 aromatic rings. The maximum Gasteiger partial charge on any atom is 0.0179 e. The van der Waals surface area contributed by atoms with E-state index in [-0.39, 0.29) is 0 Å². The lowest BCUT2D eigenvalue weighted by Crippen LogP contribution is -2.52. The Hall–Kier alpha value is -0.0800. The van der Waals surface area contributed by atoms with Crippen molar-refractivity contribution >= 4 is 0 Å². The Morgan fingerprint density at radius 3 is 2.36 bits per heavy atom. The Kier molecular flexibility index (Phi) is 4.90. The molecule has 0 aliphatic heterocycles. The summed E-state index contributed by atoms with van der Waals surface area (Å²) in [6, 6.07) is 0.663. The summed E-state index contributed by atoms with van der Waals surface area (Å²) >= 11 is 0. The molecule has 1 fully saturated rings. The van der Waals surface area contributed by atoms with E-state index in [2.05, 4.69) is 31.4 Å². The van der Waals surface area contributed by atoms with Gasteiger partial charge in [-0.15, -0.1) is 0 Å². The lowest BCUT2D eigenvalue weighted by atomic mass is 9.75. The van der Waals surface area contributed by atoms with E-state index >= 15 is 0 Å². The third-order valence-electron chi connectivity index (χ3n) is 3.72. The molecule has 1 unspecified atom stereocenters. The summed E-state index contributed by atoms with van der Waals surface area (Å²) in [5, 5.41) is 7.21. The summed E-state index contributed by atoms with van der Waals surface area (Å²) in [6.07, 6.45) is 6.69. The minimum absolute atomic E-state index is 0.511. The third-order valence-corrected chi connectivity index (χ3v) is 3.72. The molecule has 84 valence electrons. The number of rotatable bonds is 7. The summed E-state index contributed by atoms with van der Waals surface area (Å²) in [4.78, 5) is 0. The number of hydrogen-bond donors (Lipinski definition) is 2. The second kappa shape index (κ2) is 5.72. The summed E-state index contributed by atoms with van der Waals surface area (Å²) < 4.78 is 0. The first-order valence-electron chi connectivity index (χ1n) is 6.21. The van der Waals surface area contributed by atoms with Crippen molar-refractivity contribution in [3.63, 3.8) is 0 Å². The molecule has 0 amide bonds. The van der Waals surface area contributed by atoms with Gasteiger partial charge in [0.15, 0.2) is 0 Å². The molecule has 0 radical (unpaired) electrons. The molecule has 1 rings (SSSR count). The second-order valence-electron chi connectivity index (χ2n) is 4.68. The molecule has 0 aromatic carbocycles. The molecule has 0 spiro atoms. The van der Waals surface area contributed by atoms with Crippen LogP contribution in [0.4, 0.5) is 0 Å². The van der Waals surface area contributed by atoms with Crippen LogP contribution in [0, 0.1) is 0 Å². The summed E-state index contributed by atoms with van der Waals surface area (Å²) in [7, 11) is 0. The van der Waals surface area contributed by atoms with Crippen molar-refractivity contribution in [3.8, 4) is 0 Å². The van der Waals surface area contributed by atoms with Crippen LogP contribution in [0.3, 0.4) is 0 Å². The monoisotopic (exact) mass is 198 g/mol. The molecule has 2 heteroatoms. The first-order chi connectivity index (χ1) is 6.72. The maximum atomic E-state index is 3.70. The van der Waals surface area contributed by atoms with Gasteiger partial charge in [-0.25, -0.2) is 0 Å². The van der Waals surface area contributed by atoms with Gasteiger partial charge in [0.05, 0.1) is 0 Å². The van der Waals surface area contributed by atoms with Crippen molar-refractivity contribution in [3.05, 3.63) is 0 Å². The highest BCUT2D eigenvalue weighted by Gasteiger charge is 2.33. The predicted octanol–water partition coefficient (Wildman–Crippen LogP) is 2.30. The van der Waals surface area contributed by atoms with Crippen LogP contribution in [-0.2, 0) is 0 Å². The van der Waals surface area contributed by atoms with E-state index in [1.165, 1.54) is 32.1 Å². The summed E-state index contributed by atoms with van der Waals surface area (Å²) in [6.45, 7) is 9.01. The van der Waals surface area contributed by atoms with Gasteiger partial charge in [0.1, 0.15) is 0 Å². The fraction of sp³-hybridized carbons (Fsp3) is 1.00. The molecule has 2 N–H and O–H groups in total. The van der Waals surface area contributed by atoms with E-state index in [4.69, 9.17) is 0 Å². The summed E-state index contributed by atoms with van der Waals surface area (Å²) in [5.74, 6) is 0. The lowest BCUT2D eigenvalue weighted by molar-refractivity contribution is 0.178. The van der Waals surface area contributed by atoms with Crippen molar-refractivity contribution in [2.45, 2.75) is 64.5 Å². The lowest BCUT2D eigenvalue weighted by Gasteiger charge is -2.42. The van der Waals surface area contributed by atoms with E-state index in [0.29, 0.717) is 11.6 Å². The topological polar surface area (TPSA) is 24.1 Å². The maximum absolute atomic E-state index is 3.70. The van der Waals surface area contributed by atoms with E-state index in [1.54, 1.807) is 0 Å². The number of nitrogens with one attached hydrogen (secondary N) is 2. The van der Waals surface area contributed by atoms with Crippen LogP contribution in [-0.4, -0.2) is 24.7 Å². The van der Waals surface area contributed by atoms with Gasteiger partial charge in [0, 0.05) is 24.7 Å². The van der Waals surface area contributed by atoms with Crippen molar-refractivity contribution in [2.24, 2.45) is 0 Å². The molecular formula is C12H26N2. The van der Waals surface area contributed by atoms with E-state index in [1.807, 2.05) is 0 Å². The Labute approximate surface area is 88.8 Å². The molecule has 1 saturated carbocycles. The minimum Gasteiger partial charge on any atom is -0.313 e. The van der Waals surface area contributed by atoms with Gasteiger partial charge in [-0.05, 0) is 39.0 Å². The van der Waals surface area contributed by atoms with Crippen LogP contribution in [0.1, 0.15) is 52.9 Å². The van der Waals surface area contributed by atoms with Gasteiger partial charge < -0.3 is 10.6 Å². The Balaban J connectivity index is 2.03. The molecule has 1 atom stereocenters. The van der Waals surface area contributed by atoms with Crippen LogP contribution in [0.15, 0.2) is 0 Å². The Morgan fingerprint density at radius 1 is 1.21 bits per heavy atom. The molecule has 1 aliphatic carbocycles. The van der Waals surface area contributed by atoms with Gasteiger partial charge in [-0.3, -0.25) is 0 Å². The minimum atomic E-state index is 0.511. The van der Waals surface area contributed by atoms with E-state index < -0.39 is 0 Å². The van der Waals surface area contributed by atoms with Crippen molar-refractivity contribution in [1.29, 1.82) is 0 Å². The van der Waals surface area contributed by atoms with Crippen LogP contribution in [0.2, 0.25) is 0 Å². The molecule has 14 heavy (non-hydrogen) atoms. The quantitative estimate of drug-likeness (QED) is 0.613. The predicted molar refractivity (Wildman–Crippen MR) is 62.6 cm³/mol. The normalized spacial score (nSPS) is 21.6. The molecule has 0 bridgehead atoms. The van der Waals surface area contributed by atoms with Crippen LogP contribution in [0.25, 0.3) is 0 Å². The van der Waals surface area contributed by atoms with Gasteiger partial charge in [0.2, 0.25) is 0 Å². The first kappa shape index (κ1) is 12.0. The highest BCUT2D eigenvalue weighted by Crippen LogP contribution is 2.34.